The Hall–Kier alpha value is -1.64. The molecule has 0 amide bonds. The molecule has 0 atom stereocenters. The van der Waals surface area contributed by atoms with Crippen molar-refractivity contribution in [3.8, 4) is 0 Å². The van der Waals surface area contributed by atoms with Crippen molar-refractivity contribution in [2.45, 2.75) is 11.6 Å². The summed E-state index contributed by atoms with van der Waals surface area (Å²) in [6, 6.07) is 3.38. The van der Waals surface area contributed by atoms with E-state index in [1.165, 1.54) is 12.3 Å². The Morgan fingerprint density at radius 1 is 1.42 bits per heavy atom. The number of H-pyrrole nitrogens is 1. The van der Waals surface area contributed by atoms with Crippen molar-refractivity contribution in [2.24, 2.45) is 5.73 Å². The van der Waals surface area contributed by atoms with Crippen LogP contribution in [0.4, 0.5) is 10.1 Å². The van der Waals surface area contributed by atoms with E-state index in [0.717, 1.165) is 12.1 Å². The molecule has 0 aliphatic carbocycles. The van der Waals surface area contributed by atoms with Gasteiger partial charge in [0, 0.05) is 17.1 Å². The van der Waals surface area contributed by atoms with Gasteiger partial charge in [0.25, 0.3) is 10.0 Å². The average Bonchev–Trinajstić information content (AvgIpc) is 2.75. The molecule has 0 aliphatic rings. The van der Waals surface area contributed by atoms with Crippen LogP contribution in [0.25, 0.3) is 0 Å². The van der Waals surface area contributed by atoms with Gasteiger partial charge in [-0.15, -0.1) is 0 Å². The Labute approximate surface area is 113 Å². The standard InChI is InChI=1S/C10H10ClFN4O2S/c11-7-1-8(12)3-9(2-7)16-19(17,18)10-6(4-13)5-14-15-10/h1-3,5,16H,4,13H2,(H,14,15). The summed E-state index contributed by atoms with van der Waals surface area (Å²) in [4.78, 5) is 0. The third-order valence-electron chi connectivity index (χ3n) is 2.28. The van der Waals surface area contributed by atoms with Gasteiger partial charge >= 0.3 is 0 Å². The molecular weight excluding hydrogens is 295 g/mol. The highest BCUT2D eigenvalue weighted by Gasteiger charge is 2.20. The number of aromatic amines is 1. The summed E-state index contributed by atoms with van der Waals surface area (Å²) in [5.74, 6) is -0.645. The summed E-state index contributed by atoms with van der Waals surface area (Å²) in [6.07, 6.45) is 1.31. The second kappa shape index (κ2) is 5.16. The normalized spacial score (nSPS) is 11.5. The second-order valence-electron chi connectivity index (χ2n) is 3.69. The molecule has 19 heavy (non-hydrogen) atoms. The molecule has 102 valence electrons. The number of anilines is 1. The number of sulfonamides is 1. The summed E-state index contributed by atoms with van der Waals surface area (Å²) in [7, 11) is -3.92. The van der Waals surface area contributed by atoms with Crippen LogP contribution in [0, 0.1) is 5.82 Å². The minimum atomic E-state index is -3.92. The van der Waals surface area contributed by atoms with Crippen LogP contribution in [-0.4, -0.2) is 18.6 Å². The van der Waals surface area contributed by atoms with Gasteiger partial charge in [0.1, 0.15) is 5.82 Å². The van der Waals surface area contributed by atoms with Crippen LogP contribution < -0.4 is 10.5 Å². The third-order valence-corrected chi connectivity index (χ3v) is 3.90. The minimum absolute atomic E-state index is 0.0106. The van der Waals surface area contributed by atoms with Crippen molar-refractivity contribution in [1.29, 1.82) is 0 Å². The predicted octanol–water partition coefficient (Wildman–Crippen LogP) is 1.46. The van der Waals surface area contributed by atoms with Crippen molar-refractivity contribution in [3.63, 3.8) is 0 Å². The summed E-state index contributed by atoms with van der Waals surface area (Å²) in [5.41, 5.74) is 5.75. The van der Waals surface area contributed by atoms with Crippen LogP contribution >= 0.6 is 11.6 Å². The van der Waals surface area contributed by atoms with Crippen molar-refractivity contribution in [1.82, 2.24) is 10.2 Å². The number of nitrogens with two attached hydrogens (primary N) is 1. The number of nitrogens with one attached hydrogen (secondary N) is 2. The smallest absolute Gasteiger partial charge is 0.279 e. The lowest BCUT2D eigenvalue weighted by atomic mass is 10.3. The molecule has 2 rings (SSSR count). The SMILES string of the molecule is NCc1cn[nH]c1S(=O)(=O)Nc1cc(F)cc(Cl)c1. The topological polar surface area (TPSA) is 101 Å². The average molecular weight is 305 g/mol. The highest BCUT2D eigenvalue weighted by atomic mass is 35.5. The Bertz CT molecular complexity index is 681. The first-order valence-corrected chi connectivity index (χ1v) is 7.00. The van der Waals surface area contributed by atoms with Crippen LogP contribution in [0.5, 0.6) is 0 Å². The van der Waals surface area contributed by atoms with Gasteiger partial charge in [-0.05, 0) is 18.2 Å². The quantitative estimate of drug-likeness (QED) is 0.796. The monoisotopic (exact) mass is 304 g/mol. The number of benzene rings is 1. The zero-order chi connectivity index (χ0) is 14.0. The molecule has 4 N–H and O–H groups in total. The fraction of sp³-hybridized carbons (Fsp3) is 0.100. The van der Waals surface area contributed by atoms with Gasteiger partial charge in [0.2, 0.25) is 0 Å². The fourth-order valence-corrected chi connectivity index (χ4v) is 2.90. The molecule has 0 bridgehead atoms. The van der Waals surface area contributed by atoms with E-state index in [9.17, 15) is 12.8 Å². The largest absolute Gasteiger partial charge is 0.326 e. The van der Waals surface area contributed by atoms with Crippen molar-refractivity contribution in [2.75, 3.05) is 4.72 Å². The molecule has 0 spiro atoms. The Morgan fingerprint density at radius 2 is 2.16 bits per heavy atom. The maximum absolute atomic E-state index is 13.1. The molecule has 2 aromatic rings. The third kappa shape index (κ3) is 3.03. The molecule has 1 aromatic carbocycles. The van der Waals surface area contributed by atoms with Gasteiger partial charge in [-0.1, -0.05) is 11.6 Å². The van der Waals surface area contributed by atoms with Crippen molar-refractivity contribution >= 4 is 27.3 Å². The van der Waals surface area contributed by atoms with E-state index in [-0.39, 0.29) is 22.3 Å². The molecule has 0 radical (unpaired) electrons. The maximum Gasteiger partial charge on any atom is 0.279 e. The maximum atomic E-state index is 13.1. The van der Waals surface area contributed by atoms with Gasteiger partial charge in [-0.2, -0.15) is 13.5 Å². The molecular formula is C10H10ClFN4O2S. The lowest BCUT2D eigenvalue weighted by Crippen LogP contribution is -2.16. The van der Waals surface area contributed by atoms with Gasteiger partial charge in [0.15, 0.2) is 5.03 Å². The molecule has 0 fully saturated rings. The predicted molar refractivity (Wildman–Crippen MR) is 68.7 cm³/mol. The van der Waals surface area contributed by atoms with E-state index in [1.807, 2.05) is 0 Å². The fourth-order valence-electron chi connectivity index (χ4n) is 1.50. The molecule has 1 aromatic heterocycles. The summed E-state index contributed by atoms with van der Waals surface area (Å²) >= 11 is 5.65. The molecule has 0 aliphatic heterocycles. The van der Waals surface area contributed by atoms with Crippen LogP contribution in [0.1, 0.15) is 5.56 Å². The van der Waals surface area contributed by atoms with Crippen LogP contribution in [0.3, 0.4) is 0 Å². The van der Waals surface area contributed by atoms with E-state index < -0.39 is 15.8 Å². The Kier molecular flexibility index (Phi) is 3.74. The summed E-state index contributed by atoms with van der Waals surface area (Å²) in [6.45, 7) is 0.0106. The number of rotatable bonds is 4. The summed E-state index contributed by atoms with van der Waals surface area (Å²) in [5, 5.41) is 5.88. The van der Waals surface area contributed by atoms with Gasteiger partial charge in [-0.3, -0.25) is 9.82 Å². The Balaban J connectivity index is 2.36. The number of hydrogen-bond donors (Lipinski definition) is 3. The first-order chi connectivity index (χ1) is 8.92. The van der Waals surface area contributed by atoms with E-state index in [1.54, 1.807) is 0 Å². The highest BCUT2D eigenvalue weighted by molar-refractivity contribution is 7.92. The van der Waals surface area contributed by atoms with Crippen molar-refractivity contribution in [3.05, 3.63) is 40.8 Å². The van der Waals surface area contributed by atoms with Gasteiger partial charge in [0.05, 0.1) is 11.9 Å². The van der Waals surface area contributed by atoms with Gasteiger partial charge in [-0.25, -0.2) is 4.39 Å². The van der Waals surface area contributed by atoms with Gasteiger partial charge < -0.3 is 5.73 Å². The highest BCUT2D eigenvalue weighted by Crippen LogP contribution is 2.21. The molecule has 9 heteroatoms. The first kappa shape index (κ1) is 13.8. The lowest BCUT2D eigenvalue weighted by molar-refractivity contribution is 0.595. The number of halogens is 2. The Morgan fingerprint density at radius 3 is 2.79 bits per heavy atom. The van der Waals surface area contributed by atoms with Crippen LogP contribution in [0.15, 0.2) is 29.4 Å². The second-order valence-corrected chi connectivity index (χ2v) is 5.75. The molecule has 0 saturated heterocycles. The minimum Gasteiger partial charge on any atom is -0.326 e. The van der Waals surface area contributed by atoms with Crippen LogP contribution in [-0.2, 0) is 16.6 Å². The number of aromatic nitrogens is 2. The van der Waals surface area contributed by atoms with E-state index in [0.29, 0.717) is 5.56 Å². The first-order valence-electron chi connectivity index (χ1n) is 5.13. The van der Waals surface area contributed by atoms with Crippen LogP contribution in [0.2, 0.25) is 5.02 Å². The van der Waals surface area contributed by atoms with E-state index in [2.05, 4.69) is 14.9 Å². The lowest BCUT2D eigenvalue weighted by Gasteiger charge is -2.08. The molecule has 0 saturated carbocycles. The molecule has 1 heterocycles. The molecule has 0 unspecified atom stereocenters. The zero-order valence-corrected chi connectivity index (χ0v) is 11.1. The van der Waals surface area contributed by atoms with E-state index >= 15 is 0 Å². The number of hydrogen-bond acceptors (Lipinski definition) is 4. The van der Waals surface area contributed by atoms with E-state index in [4.69, 9.17) is 17.3 Å². The summed E-state index contributed by atoms with van der Waals surface area (Å²) < 4.78 is 39.5. The zero-order valence-electron chi connectivity index (χ0n) is 9.52. The number of nitrogens with zero attached hydrogens (tertiary/aromatic N) is 1. The van der Waals surface area contributed by atoms with Crippen molar-refractivity contribution < 1.29 is 12.8 Å². The molecule has 6 nitrogen and oxygen atoms in total.